The zero-order chi connectivity index (χ0) is 14.1. The maximum Gasteiger partial charge on any atom is 0.169 e. The highest BCUT2D eigenvalue weighted by molar-refractivity contribution is 5.82. The highest BCUT2D eigenvalue weighted by atomic mass is 15.4. The van der Waals surface area contributed by atoms with Crippen LogP contribution in [0, 0.1) is 6.92 Å². The Bertz CT molecular complexity index is 760. The highest BCUT2D eigenvalue weighted by Crippen LogP contribution is 2.20. The van der Waals surface area contributed by atoms with E-state index in [4.69, 9.17) is 5.73 Å². The Morgan fingerprint density at radius 1 is 1.25 bits per heavy atom. The number of hydrogen-bond acceptors (Lipinski definition) is 4. The van der Waals surface area contributed by atoms with E-state index in [-0.39, 0.29) is 0 Å². The largest absolute Gasteiger partial charge is 0.381 e. The maximum atomic E-state index is 5.84. The second-order valence-corrected chi connectivity index (χ2v) is 4.87. The van der Waals surface area contributed by atoms with Crippen molar-refractivity contribution in [2.45, 2.75) is 26.8 Å². The van der Waals surface area contributed by atoms with Crippen molar-refractivity contribution < 1.29 is 0 Å². The molecule has 0 bridgehead atoms. The van der Waals surface area contributed by atoms with Crippen LogP contribution in [0.3, 0.4) is 0 Å². The Morgan fingerprint density at radius 2 is 2.05 bits per heavy atom. The maximum absolute atomic E-state index is 5.84. The minimum Gasteiger partial charge on any atom is -0.381 e. The number of fused-ring (bicyclic) bond motifs is 1. The van der Waals surface area contributed by atoms with Gasteiger partial charge in [-0.05, 0) is 31.0 Å². The van der Waals surface area contributed by atoms with Gasteiger partial charge >= 0.3 is 0 Å². The molecule has 0 saturated heterocycles. The van der Waals surface area contributed by atoms with Gasteiger partial charge in [0.05, 0.1) is 17.8 Å². The smallest absolute Gasteiger partial charge is 0.169 e. The summed E-state index contributed by atoms with van der Waals surface area (Å²) in [6.07, 6.45) is 0.820. The minimum atomic E-state index is 0.516. The second kappa shape index (κ2) is 4.92. The van der Waals surface area contributed by atoms with E-state index < -0.39 is 0 Å². The lowest BCUT2D eigenvalue weighted by Gasteiger charge is -2.09. The summed E-state index contributed by atoms with van der Waals surface area (Å²) in [4.78, 5) is 4.56. The van der Waals surface area contributed by atoms with Crippen molar-refractivity contribution in [3.05, 3.63) is 47.3 Å². The summed E-state index contributed by atoms with van der Waals surface area (Å²) in [7, 11) is 0. The molecule has 2 aromatic heterocycles. The van der Waals surface area contributed by atoms with Crippen LogP contribution in [0.4, 0.5) is 5.82 Å². The average molecular weight is 267 g/mol. The fourth-order valence-electron chi connectivity index (χ4n) is 2.52. The van der Waals surface area contributed by atoms with Gasteiger partial charge in [-0.2, -0.15) is 0 Å². The van der Waals surface area contributed by atoms with Crippen LogP contribution in [0.1, 0.15) is 23.9 Å². The summed E-state index contributed by atoms with van der Waals surface area (Å²) < 4.78 is 1.87. The van der Waals surface area contributed by atoms with E-state index in [1.54, 1.807) is 0 Å². The molecule has 3 rings (SSSR count). The Balaban J connectivity index is 2.10. The molecule has 5 heteroatoms. The van der Waals surface area contributed by atoms with Crippen molar-refractivity contribution in [3.8, 4) is 0 Å². The first-order valence-electron chi connectivity index (χ1n) is 6.72. The van der Waals surface area contributed by atoms with Crippen LogP contribution >= 0.6 is 0 Å². The van der Waals surface area contributed by atoms with Crippen LogP contribution in [-0.4, -0.2) is 20.0 Å². The van der Waals surface area contributed by atoms with Gasteiger partial charge in [0.15, 0.2) is 5.82 Å². The first-order chi connectivity index (χ1) is 9.69. The van der Waals surface area contributed by atoms with Gasteiger partial charge in [0.1, 0.15) is 0 Å². The van der Waals surface area contributed by atoms with Gasteiger partial charge in [-0.1, -0.05) is 30.3 Å². The number of rotatable bonds is 3. The molecule has 1 aromatic carbocycles. The van der Waals surface area contributed by atoms with Gasteiger partial charge < -0.3 is 5.73 Å². The van der Waals surface area contributed by atoms with Crippen molar-refractivity contribution >= 4 is 16.7 Å². The summed E-state index contributed by atoms with van der Waals surface area (Å²) in [5, 5.41) is 9.25. The van der Waals surface area contributed by atoms with Crippen LogP contribution in [0.25, 0.3) is 10.9 Å². The topological polar surface area (TPSA) is 69.6 Å². The number of hydrogen-bond donors (Lipinski definition) is 1. The quantitative estimate of drug-likeness (QED) is 0.790. The van der Waals surface area contributed by atoms with Crippen LogP contribution in [0.5, 0.6) is 0 Å². The van der Waals surface area contributed by atoms with E-state index in [0.29, 0.717) is 12.4 Å². The third-order valence-corrected chi connectivity index (χ3v) is 3.45. The number of anilines is 1. The molecule has 0 spiro atoms. The van der Waals surface area contributed by atoms with Gasteiger partial charge in [0, 0.05) is 11.1 Å². The van der Waals surface area contributed by atoms with Crippen molar-refractivity contribution in [2.24, 2.45) is 0 Å². The monoisotopic (exact) mass is 267 g/mol. The van der Waals surface area contributed by atoms with E-state index in [0.717, 1.165) is 28.7 Å². The number of nitrogens with two attached hydrogens (primary N) is 1. The molecule has 20 heavy (non-hydrogen) atoms. The van der Waals surface area contributed by atoms with Crippen LogP contribution in [0.2, 0.25) is 0 Å². The molecule has 2 N–H and O–H groups in total. The summed E-state index contributed by atoms with van der Waals surface area (Å²) in [6, 6.07) is 10.2. The Kier molecular flexibility index (Phi) is 3.10. The molecule has 0 aliphatic heterocycles. The number of aromatic nitrogens is 4. The summed E-state index contributed by atoms with van der Waals surface area (Å²) in [6.45, 7) is 4.73. The Labute approximate surface area is 117 Å². The number of nitrogen functional groups attached to an aromatic ring is 1. The first-order valence-corrected chi connectivity index (χ1v) is 6.72. The fraction of sp³-hybridized carbons (Fsp3) is 0.267. The first kappa shape index (κ1) is 12.6. The predicted molar refractivity (Wildman–Crippen MR) is 79.4 cm³/mol. The van der Waals surface area contributed by atoms with Crippen molar-refractivity contribution in [3.63, 3.8) is 0 Å². The average Bonchev–Trinajstić information content (AvgIpc) is 2.79. The molecule has 102 valence electrons. The summed E-state index contributed by atoms with van der Waals surface area (Å²) in [5.74, 6) is 0.516. The molecule has 0 radical (unpaired) electrons. The molecule has 0 aliphatic carbocycles. The van der Waals surface area contributed by atoms with Crippen LogP contribution in [0.15, 0.2) is 30.3 Å². The zero-order valence-electron chi connectivity index (χ0n) is 11.7. The van der Waals surface area contributed by atoms with Crippen molar-refractivity contribution in [2.75, 3.05) is 5.73 Å². The van der Waals surface area contributed by atoms with E-state index in [1.165, 1.54) is 5.56 Å². The third-order valence-electron chi connectivity index (χ3n) is 3.45. The molecule has 0 aliphatic rings. The van der Waals surface area contributed by atoms with Crippen molar-refractivity contribution in [1.82, 2.24) is 20.0 Å². The summed E-state index contributed by atoms with van der Waals surface area (Å²) >= 11 is 0. The van der Waals surface area contributed by atoms with Crippen molar-refractivity contribution in [1.29, 1.82) is 0 Å². The molecular formula is C15H17N5. The molecule has 0 fully saturated rings. The van der Waals surface area contributed by atoms with E-state index in [9.17, 15) is 0 Å². The number of aryl methyl sites for hydroxylation is 1. The number of pyridine rings is 1. The lowest BCUT2D eigenvalue weighted by molar-refractivity contribution is 0.624. The van der Waals surface area contributed by atoms with Crippen LogP contribution in [-0.2, 0) is 13.0 Å². The Hall–Kier alpha value is -2.43. The standard InChI is InChI=1S/C15H17N5/c1-3-14-15(16)18-19-20(14)9-11-8-10(2)17-13-7-5-4-6-12(11)13/h4-8H,3,9,16H2,1-2H3. The lowest BCUT2D eigenvalue weighted by Crippen LogP contribution is -2.07. The third kappa shape index (κ3) is 2.11. The molecule has 0 unspecified atom stereocenters. The molecule has 0 atom stereocenters. The molecule has 0 amide bonds. The molecule has 0 saturated carbocycles. The highest BCUT2D eigenvalue weighted by Gasteiger charge is 2.10. The summed E-state index contributed by atoms with van der Waals surface area (Å²) in [5.41, 5.74) is 10.0. The zero-order valence-corrected chi connectivity index (χ0v) is 11.7. The lowest BCUT2D eigenvalue weighted by atomic mass is 10.1. The van der Waals surface area contributed by atoms with Gasteiger partial charge in [0.25, 0.3) is 0 Å². The van der Waals surface area contributed by atoms with Crippen LogP contribution < -0.4 is 5.73 Å². The van der Waals surface area contributed by atoms with E-state index >= 15 is 0 Å². The number of nitrogens with zero attached hydrogens (tertiary/aromatic N) is 4. The van der Waals surface area contributed by atoms with Gasteiger partial charge in [-0.15, -0.1) is 5.10 Å². The van der Waals surface area contributed by atoms with Gasteiger partial charge in [-0.3, -0.25) is 4.98 Å². The van der Waals surface area contributed by atoms with E-state index in [2.05, 4.69) is 34.4 Å². The second-order valence-electron chi connectivity index (χ2n) is 4.87. The minimum absolute atomic E-state index is 0.516. The van der Waals surface area contributed by atoms with Gasteiger partial charge in [-0.25, -0.2) is 4.68 Å². The fourth-order valence-corrected chi connectivity index (χ4v) is 2.52. The molecular weight excluding hydrogens is 250 g/mol. The molecule has 3 aromatic rings. The SMILES string of the molecule is CCc1c(N)nnn1Cc1cc(C)nc2ccccc12. The number of benzene rings is 1. The predicted octanol–water partition coefficient (Wildman–Crippen LogP) is 2.33. The van der Waals surface area contributed by atoms with Gasteiger partial charge in [0.2, 0.25) is 0 Å². The molecule has 5 nitrogen and oxygen atoms in total. The number of para-hydroxylation sites is 1. The van der Waals surface area contributed by atoms with E-state index in [1.807, 2.05) is 29.8 Å². The molecule has 2 heterocycles. The normalized spacial score (nSPS) is 11.1. The Morgan fingerprint density at radius 3 is 2.85 bits per heavy atom.